The van der Waals surface area contributed by atoms with E-state index >= 15 is 0 Å². The fourth-order valence-electron chi connectivity index (χ4n) is 3.04. The summed E-state index contributed by atoms with van der Waals surface area (Å²) in [5.74, 6) is 0.790. The summed E-state index contributed by atoms with van der Waals surface area (Å²) in [6.07, 6.45) is 10.6. The Kier molecular flexibility index (Phi) is 4.00. The van der Waals surface area contributed by atoms with Gasteiger partial charge in [-0.1, -0.05) is 19.3 Å². The highest BCUT2D eigenvalue weighted by atomic mass is 16.1. The summed E-state index contributed by atoms with van der Waals surface area (Å²) in [6.45, 7) is 0.833. The molecule has 0 aromatic carbocycles. The van der Waals surface area contributed by atoms with E-state index in [1.165, 1.54) is 32.1 Å². The molecule has 0 bridgehead atoms. The molecule has 0 radical (unpaired) electrons. The van der Waals surface area contributed by atoms with Gasteiger partial charge in [0.1, 0.15) is 5.65 Å². The van der Waals surface area contributed by atoms with Crippen molar-refractivity contribution in [3.05, 3.63) is 30.1 Å². The van der Waals surface area contributed by atoms with Crippen LogP contribution >= 0.6 is 0 Å². The molecule has 4 heteroatoms. The van der Waals surface area contributed by atoms with Crippen molar-refractivity contribution in [3.63, 3.8) is 0 Å². The molecule has 0 saturated heterocycles. The van der Waals surface area contributed by atoms with Crippen LogP contribution in [-0.4, -0.2) is 22.4 Å². The lowest BCUT2D eigenvalue weighted by Gasteiger charge is -2.21. The molecular weight excluding hydrogens is 250 g/mol. The molecule has 1 amide bonds. The lowest BCUT2D eigenvalue weighted by atomic mass is 9.89. The molecule has 4 nitrogen and oxygen atoms in total. The highest BCUT2D eigenvalue weighted by Crippen LogP contribution is 2.22. The Morgan fingerprint density at radius 1 is 1.35 bits per heavy atom. The molecule has 106 valence electrons. The van der Waals surface area contributed by atoms with Crippen LogP contribution < -0.4 is 5.32 Å². The smallest absolute Gasteiger partial charge is 0.224 e. The van der Waals surface area contributed by atoms with Crippen LogP contribution in [0.3, 0.4) is 0 Å². The van der Waals surface area contributed by atoms with Gasteiger partial charge in [-0.05, 0) is 36.5 Å². The van der Waals surface area contributed by atoms with E-state index < -0.39 is 0 Å². The number of carbonyl (C=O) groups excluding carboxylic acids is 1. The van der Waals surface area contributed by atoms with Crippen molar-refractivity contribution in [1.29, 1.82) is 0 Å². The van der Waals surface area contributed by atoms with Crippen LogP contribution in [0, 0.1) is 5.92 Å². The van der Waals surface area contributed by atoms with Gasteiger partial charge in [-0.3, -0.25) is 4.79 Å². The summed E-state index contributed by atoms with van der Waals surface area (Å²) in [7, 11) is 0. The summed E-state index contributed by atoms with van der Waals surface area (Å²) in [5, 5.41) is 4.12. The van der Waals surface area contributed by atoms with Crippen LogP contribution in [-0.2, 0) is 11.2 Å². The fraction of sp³-hybridized carbons (Fsp3) is 0.500. The molecule has 0 atom stereocenters. The Bertz CT molecular complexity index is 584. The Labute approximate surface area is 119 Å². The first kappa shape index (κ1) is 13.2. The maximum Gasteiger partial charge on any atom is 0.224 e. The Morgan fingerprint density at radius 3 is 3.05 bits per heavy atom. The second-order valence-electron chi connectivity index (χ2n) is 5.70. The van der Waals surface area contributed by atoms with Gasteiger partial charge in [-0.2, -0.15) is 0 Å². The molecule has 3 rings (SSSR count). The average molecular weight is 271 g/mol. The van der Waals surface area contributed by atoms with Crippen LogP contribution in [0.2, 0.25) is 0 Å². The quantitative estimate of drug-likeness (QED) is 0.898. The number of aromatic nitrogens is 2. The lowest BCUT2D eigenvalue weighted by Crippen LogP contribution is -2.31. The summed E-state index contributed by atoms with van der Waals surface area (Å²) in [6, 6.07) is 3.90. The van der Waals surface area contributed by atoms with Gasteiger partial charge in [0.05, 0.1) is 6.42 Å². The van der Waals surface area contributed by atoms with Crippen LogP contribution in [0.5, 0.6) is 0 Å². The summed E-state index contributed by atoms with van der Waals surface area (Å²) in [5.41, 5.74) is 1.87. The Hall–Kier alpha value is -1.84. The zero-order valence-electron chi connectivity index (χ0n) is 11.7. The van der Waals surface area contributed by atoms with Crippen molar-refractivity contribution in [1.82, 2.24) is 15.3 Å². The molecule has 2 N–H and O–H groups in total. The first-order valence-electron chi connectivity index (χ1n) is 7.50. The van der Waals surface area contributed by atoms with Crippen LogP contribution in [0.15, 0.2) is 24.5 Å². The number of pyridine rings is 1. The fourth-order valence-corrected chi connectivity index (χ4v) is 3.04. The topological polar surface area (TPSA) is 57.8 Å². The highest BCUT2D eigenvalue weighted by molar-refractivity contribution is 5.87. The minimum atomic E-state index is 0.111. The number of hydrogen-bond acceptors (Lipinski definition) is 2. The molecule has 2 heterocycles. The van der Waals surface area contributed by atoms with E-state index in [1.54, 1.807) is 6.20 Å². The largest absolute Gasteiger partial charge is 0.356 e. The van der Waals surface area contributed by atoms with E-state index in [0.717, 1.165) is 23.1 Å². The molecular formula is C16H21N3O. The van der Waals surface area contributed by atoms with Gasteiger partial charge in [-0.25, -0.2) is 4.98 Å². The number of nitrogens with one attached hydrogen (secondary N) is 2. The number of rotatable bonds is 4. The number of amides is 1. The van der Waals surface area contributed by atoms with E-state index in [2.05, 4.69) is 15.3 Å². The van der Waals surface area contributed by atoms with Gasteiger partial charge in [-0.15, -0.1) is 0 Å². The molecule has 2 aromatic rings. The summed E-state index contributed by atoms with van der Waals surface area (Å²) >= 11 is 0. The van der Waals surface area contributed by atoms with Crippen molar-refractivity contribution < 1.29 is 4.79 Å². The number of nitrogens with zero attached hydrogens (tertiary/aromatic N) is 1. The van der Waals surface area contributed by atoms with Crippen LogP contribution in [0.1, 0.15) is 37.7 Å². The van der Waals surface area contributed by atoms with Crippen molar-refractivity contribution in [2.45, 2.75) is 38.5 Å². The minimum absolute atomic E-state index is 0.111. The SMILES string of the molecule is O=C(Cc1c[nH]c2ncccc12)NCC1CCCCC1. The maximum absolute atomic E-state index is 12.1. The minimum Gasteiger partial charge on any atom is -0.356 e. The van der Waals surface area contributed by atoms with Gasteiger partial charge >= 0.3 is 0 Å². The number of carbonyl (C=O) groups is 1. The second-order valence-corrected chi connectivity index (χ2v) is 5.70. The first-order valence-corrected chi connectivity index (χ1v) is 7.50. The summed E-state index contributed by atoms with van der Waals surface area (Å²) in [4.78, 5) is 19.4. The van der Waals surface area contributed by atoms with E-state index in [0.29, 0.717) is 12.3 Å². The third-order valence-corrected chi connectivity index (χ3v) is 4.20. The van der Waals surface area contributed by atoms with Crippen molar-refractivity contribution >= 4 is 16.9 Å². The van der Waals surface area contributed by atoms with Gasteiger partial charge in [0, 0.05) is 24.3 Å². The normalized spacial score (nSPS) is 16.4. The summed E-state index contributed by atoms with van der Waals surface area (Å²) < 4.78 is 0. The zero-order valence-corrected chi connectivity index (χ0v) is 11.7. The average Bonchev–Trinajstić information content (AvgIpc) is 2.90. The maximum atomic E-state index is 12.1. The highest BCUT2D eigenvalue weighted by Gasteiger charge is 2.15. The Morgan fingerprint density at radius 2 is 2.20 bits per heavy atom. The van der Waals surface area contributed by atoms with Crippen molar-refractivity contribution in [2.24, 2.45) is 5.92 Å². The molecule has 0 aliphatic heterocycles. The van der Waals surface area contributed by atoms with E-state index in [4.69, 9.17) is 0 Å². The van der Waals surface area contributed by atoms with E-state index in [9.17, 15) is 4.79 Å². The van der Waals surface area contributed by atoms with Gasteiger partial charge in [0.15, 0.2) is 0 Å². The predicted molar refractivity (Wildman–Crippen MR) is 79.4 cm³/mol. The third-order valence-electron chi connectivity index (χ3n) is 4.20. The number of hydrogen-bond donors (Lipinski definition) is 2. The van der Waals surface area contributed by atoms with Crippen molar-refractivity contribution in [2.75, 3.05) is 6.54 Å². The molecule has 20 heavy (non-hydrogen) atoms. The molecule has 0 unspecified atom stereocenters. The molecule has 1 aliphatic carbocycles. The van der Waals surface area contributed by atoms with E-state index in [-0.39, 0.29) is 5.91 Å². The second kappa shape index (κ2) is 6.07. The number of fused-ring (bicyclic) bond motifs is 1. The predicted octanol–water partition coefficient (Wildman–Crippen LogP) is 2.80. The van der Waals surface area contributed by atoms with Gasteiger partial charge in [0.2, 0.25) is 5.91 Å². The first-order chi connectivity index (χ1) is 9.83. The van der Waals surface area contributed by atoms with Gasteiger partial charge in [0.25, 0.3) is 0 Å². The van der Waals surface area contributed by atoms with E-state index in [1.807, 2.05) is 18.3 Å². The molecule has 1 fully saturated rings. The number of H-pyrrole nitrogens is 1. The van der Waals surface area contributed by atoms with Crippen LogP contribution in [0.4, 0.5) is 0 Å². The third kappa shape index (κ3) is 3.00. The Balaban J connectivity index is 1.55. The molecule has 1 saturated carbocycles. The standard InChI is InChI=1S/C16H21N3O/c20-15(18-10-12-5-2-1-3-6-12)9-13-11-19-16-14(13)7-4-8-17-16/h4,7-8,11-12H,1-3,5-6,9-10H2,(H,17,19)(H,18,20). The van der Waals surface area contributed by atoms with Crippen LogP contribution in [0.25, 0.3) is 11.0 Å². The molecule has 2 aromatic heterocycles. The molecule has 0 spiro atoms. The van der Waals surface area contributed by atoms with Crippen molar-refractivity contribution in [3.8, 4) is 0 Å². The molecule has 1 aliphatic rings. The lowest BCUT2D eigenvalue weighted by molar-refractivity contribution is -0.120. The number of aromatic amines is 1. The van der Waals surface area contributed by atoms with Gasteiger partial charge < -0.3 is 10.3 Å². The zero-order chi connectivity index (χ0) is 13.8. The monoisotopic (exact) mass is 271 g/mol.